The number of unbranched alkanes of at least 4 members (excludes halogenated alkanes) is 25. The summed E-state index contributed by atoms with van der Waals surface area (Å²) in [5.41, 5.74) is 0. The quantitative estimate of drug-likeness (QED) is 0.0272. The van der Waals surface area contributed by atoms with E-state index in [9.17, 15) is 19.4 Å². The number of phosphoric ester groups is 1. The third-order valence-corrected chi connectivity index (χ3v) is 14.1. The van der Waals surface area contributed by atoms with Crippen LogP contribution < -0.4 is 10.2 Å². The molecule has 422 valence electrons. The first-order chi connectivity index (χ1) is 35.5. The topological polar surface area (TPSA) is 108 Å². The van der Waals surface area contributed by atoms with Gasteiger partial charge in [0.2, 0.25) is 5.91 Å². The highest BCUT2D eigenvalue weighted by Crippen LogP contribution is 2.38. The van der Waals surface area contributed by atoms with Crippen LogP contribution in [0.3, 0.4) is 0 Å². The molecular formula is C64H115N2O6P. The summed E-state index contributed by atoms with van der Waals surface area (Å²) in [6.45, 7) is 4.61. The van der Waals surface area contributed by atoms with Crippen molar-refractivity contribution in [1.82, 2.24) is 5.32 Å². The highest BCUT2D eigenvalue weighted by Gasteiger charge is 2.24. The Morgan fingerprint density at radius 3 is 1.22 bits per heavy atom. The van der Waals surface area contributed by atoms with Crippen LogP contribution in [-0.2, 0) is 18.4 Å². The fourth-order valence-corrected chi connectivity index (χ4v) is 9.13. The van der Waals surface area contributed by atoms with Crippen molar-refractivity contribution in [2.45, 2.75) is 264 Å². The Balaban J connectivity index is 4.17. The lowest BCUT2D eigenvalue weighted by Gasteiger charge is -2.30. The SMILES string of the molecule is CC/C=C\C/C=C\C/C=C\C/C=C\C/C=C\C/C=C\C/C=C\C/C=C\CCCCCCCCCCC(=O)NC(COP(=O)([O-])OCC[N+](C)(C)C)C(O)CCCCCCCCCCCCCCCCCCCC. The van der Waals surface area contributed by atoms with E-state index in [0.717, 1.165) is 96.3 Å². The summed E-state index contributed by atoms with van der Waals surface area (Å²) in [7, 11) is 1.29. The maximum atomic E-state index is 13.0. The number of aliphatic hydroxyl groups is 1. The van der Waals surface area contributed by atoms with Crippen LogP contribution in [0.5, 0.6) is 0 Å². The Morgan fingerprint density at radius 2 is 0.836 bits per heavy atom. The zero-order valence-corrected chi connectivity index (χ0v) is 49.0. The van der Waals surface area contributed by atoms with Crippen molar-refractivity contribution in [3.05, 3.63) is 97.2 Å². The van der Waals surface area contributed by atoms with E-state index in [4.69, 9.17) is 9.05 Å². The van der Waals surface area contributed by atoms with Gasteiger partial charge in [0.1, 0.15) is 13.2 Å². The fraction of sp³-hybridized carbons (Fsp3) is 0.734. The van der Waals surface area contributed by atoms with Crippen molar-refractivity contribution in [2.75, 3.05) is 40.9 Å². The Hall–Kier alpha value is -2.58. The van der Waals surface area contributed by atoms with Crippen molar-refractivity contribution >= 4 is 13.7 Å². The summed E-state index contributed by atoms with van der Waals surface area (Å²) < 4.78 is 23.4. The van der Waals surface area contributed by atoms with Gasteiger partial charge in [-0.25, -0.2) is 0 Å². The first-order valence-corrected chi connectivity index (χ1v) is 31.5. The minimum Gasteiger partial charge on any atom is -0.756 e. The molecular weight excluding hydrogens is 924 g/mol. The Labute approximate surface area is 451 Å². The van der Waals surface area contributed by atoms with E-state index in [1.54, 1.807) is 0 Å². The van der Waals surface area contributed by atoms with Gasteiger partial charge in [0.15, 0.2) is 0 Å². The van der Waals surface area contributed by atoms with Crippen LogP contribution in [0.2, 0.25) is 0 Å². The molecule has 9 heteroatoms. The van der Waals surface area contributed by atoms with Crippen molar-refractivity contribution in [2.24, 2.45) is 0 Å². The third kappa shape index (κ3) is 57.0. The number of hydrogen-bond acceptors (Lipinski definition) is 6. The predicted octanol–water partition coefficient (Wildman–Crippen LogP) is 18.0. The lowest BCUT2D eigenvalue weighted by atomic mass is 10.0. The highest BCUT2D eigenvalue weighted by atomic mass is 31.2. The van der Waals surface area contributed by atoms with Crippen LogP contribution in [-0.4, -0.2) is 68.5 Å². The van der Waals surface area contributed by atoms with Crippen molar-refractivity contribution in [1.29, 1.82) is 0 Å². The van der Waals surface area contributed by atoms with E-state index < -0.39 is 20.0 Å². The lowest BCUT2D eigenvalue weighted by Crippen LogP contribution is -2.46. The molecule has 0 spiro atoms. The molecule has 3 atom stereocenters. The van der Waals surface area contributed by atoms with Gasteiger partial charge in [-0.3, -0.25) is 9.36 Å². The molecule has 0 aliphatic heterocycles. The molecule has 0 aromatic rings. The van der Waals surface area contributed by atoms with Gasteiger partial charge in [-0.15, -0.1) is 0 Å². The molecule has 2 N–H and O–H groups in total. The molecule has 0 aromatic heterocycles. The standard InChI is InChI=1S/C64H115N2O6P/c1-6-8-10-12-14-16-18-20-22-24-26-27-28-29-30-31-32-33-34-35-36-37-38-39-40-42-44-46-48-50-52-54-56-58-64(68)65-62(61-72-73(69,70)71-60-59-66(3,4)5)63(67)57-55-53-51-49-47-45-43-41-25-23-21-19-17-15-13-11-9-7-2/h8,10,14,16,20,22,26-27,29-30,32-33,35-36,38-39,62-63,67H,6-7,9,11-13,15,17-19,21,23-25,28,31,34,37,40-61H2,1-5H3,(H-,65,68,69,70)/b10-8-,16-14-,22-20-,27-26-,30-29-,33-32-,36-35-,39-38-. The third-order valence-electron chi connectivity index (χ3n) is 13.1. The van der Waals surface area contributed by atoms with Crippen LogP contribution in [0.1, 0.15) is 251 Å². The van der Waals surface area contributed by atoms with E-state index in [0.29, 0.717) is 23.9 Å². The number of phosphoric acid groups is 1. The molecule has 0 aliphatic carbocycles. The summed E-state index contributed by atoms with van der Waals surface area (Å²) in [6.07, 6.45) is 77.2. The molecule has 3 unspecified atom stereocenters. The van der Waals surface area contributed by atoms with Gasteiger partial charge in [0.25, 0.3) is 7.82 Å². The molecule has 0 bridgehead atoms. The predicted molar refractivity (Wildman–Crippen MR) is 316 cm³/mol. The molecule has 0 heterocycles. The molecule has 0 radical (unpaired) electrons. The first-order valence-electron chi connectivity index (χ1n) is 30.1. The summed E-state index contributed by atoms with van der Waals surface area (Å²) in [5, 5.41) is 14.0. The molecule has 0 aromatic carbocycles. The second-order valence-corrected chi connectivity index (χ2v) is 22.7. The number of amides is 1. The molecule has 0 aliphatic rings. The zero-order chi connectivity index (χ0) is 53.5. The van der Waals surface area contributed by atoms with Crippen molar-refractivity contribution < 1.29 is 32.9 Å². The summed E-state index contributed by atoms with van der Waals surface area (Å²) in [4.78, 5) is 25.6. The molecule has 0 saturated carbocycles. The molecule has 0 rings (SSSR count). The number of likely N-dealkylation sites (N-methyl/N-ethyl adjacent to an activating group) is 1. The van der Waals surface area contributed by atoms with Gasteiger partial charge in [0.05, 0.1) is 39.9 Å². The number of carbonyl (C=O) groups excluding carboxylic acids is 1. The second-order valence-electron chi connectivity index (χ2n) is 21.3. The van der Waals surface area contributed by atoms with E-state index in [-0.39, 0.29) is 19.1 Å². The average Bonchev–Trinajstić information content (AvgIpc) is 3.35. The number of nitrogens with zero attached hydrogens (tertiary/aromatic N) is 1. The minimum absolute atomic E-state index is 0.00620. The Morgan fingerprint density at radius 1 is 0.493 bits per heavy atom. The van der Waals surface area contributed by atoms with E-state index in [1.165, 1.54) is 128 Å². The monoisotopic (exact) mass is 1040 g/mol. The highest BCUT2D eigenvalue weighted by molar-refractivity contribution is 7.45. The summed E-state index contributed by atoms with van der Waals surface area (Å²) in [6, 6.07) is -0.812. The van der Waals surface area contributed by atoms with Gasteiger partial charge in [-0.1, -0.05) is 265 Å². The largest absolute Gasteiger partial charge is 0.756 e. The number of nitrogens with one attached hydrogen (secondary N) is 1. The number of hydrogen-bond donors (Lipinski definition) is 2. The number of quaternary nitrogens is 1. The fourth-order valence-electron chi connectivity index (χ4n) is 8.41. The maximum Gasteiger partial charge on any atom is 0.268 e. The van der Waals surface area contributed by atoms with E-state index in [2.05, 4.69) is 116 Å². The maximum absolute atomic E-state index is 13.0. The molecule has 73 heavy (non-hydrogen) atoms. The van der Waals surface area contributed by atoms with Gasteiger partial charge < -0.3 is 28.8 Å². The lowest BCUT2D eigenvalue weighted by molar-refractivity contribution is -0.870. The second kappa shape index (κ2) is 54.2. The smallest absolute Gasteiger partial charge is 0.268 e. The number of aliphatic hydroxyl groups excluding tert-OH is 1. The van der Waals surface area contributed by atoms with Crippen LogP contribution >= 0.6 is 7.82 Å². The molecule has 0 saturated heterocycles. The number of rotatable bonds is 54. The molecule has 1 amide bonds. The average molecular weight is 1040 g/mol. The first kappa shape index (κ1) is 70.4. The van der Waals surface area contributed by atoms with E-state index >= 15 is 0 Å². The summed E-state index contributed by atoms with van der Waals surface area (Å²) in [5.74, 6) is -0.175. The van der Waals surface area contributed by atoms with Gasteiger partial charge in [0, 0.05) is 6.42 Å². The van der Waals surface area contributed by atoms with E-state index in [1.807, 2.05) is 21.1 Å². The number of carbonyl (C=O) groups is 1. The van der Waals surface area contributed by atoms with Crippen molar-refractivity contribution in [3.63, 3.8) is 0 Å². The zero-order valence-electron chi connectivity index (χ0n) is 48.1. The summed E-state index contributed by atoms with van der Waals surface area (Å²) >= 11 is 0. The Kier molecular flexibility index (Phi) is 52.3. The van der Waals surface area contributed by atoms with Gasteiger partial charge in [-0.05, 0) is 77.0 Å². The minimum atomic E-state index is -4.58. The van der Waals surface area contributed by atoms with Gasteiger partial charge in [-0.2, -0.15) is 0 Å². The van der Waals surface area contributed by atoms with Crippen LogP contribution in [0, 0.1) is 0 Å². The Bertz CT molecular complexity index is 1510. The van der Waals surface area contributed by atoms with Crippen LogP contribution in [0.25, 0.3) is 0 Å². The number of allylic oxidation sites excluding steroid dienone is 16. The van der Waals surface area contributed by atoms with Crippen molar-refractivity contribution in [3.8, 4) is 0 Å². The van der Waals surface area contributed by atoms with Crippen LogP contribution in [0.15, 0.2) is 97.2 Å². The van der Waals surface area contributed by atoms with Crippen LogP contribution in [0.4, 0.5) is 0 Å². The molecule has 0 fully saturated rings. The molecule has 8 nitrogen and oxygen atoms in total. The normalized spacial score (nSPS) is 14.6. The van der Waals surface area contributed by atoms with Gasteiger partial charge >= 0.3 is 0 Å².